The molecule has 27 heavy (non-hydrogen) atoms. The van der Waals surface area contributed by atoms with Gasteiger partial charge in [-0.1, -0.05) is 11.6 Å². The van der Waals surface area contributed by atoms with Crippen LogP contribution in [0.3, 0.4) is 0 Å². The molecule has 146 valence electrons. The molecular formula is C17H16ClF3N2O3S. The zero-order chi connectivity index (χ0) is 20.0. The normalized spacial score (nSPS) is 12.5. The van der Waals surface area contributed by atoms with Crippen LogP contribution in [0.5, 0.6) is 0 Å². The van der Waals surface area contributed by atoms with Crippen LogP contribution >= 0.6 is 22.9 Å². The van der Waals surface area contributed by atoms with Crippen molar-refractivity contribution < 1.29 is 27.5 Å². The highest BCUT2D eigenvalue weighted by Crippen LogP contribution is 2.37. The predicted molar refractivity (Wildman–Crippen MR) is 94.8 cm³/mol. The maximum atomic E-state index is 13.1. The van der Waals surface area contributed by atoms with E-state index in [1.54, 1.807) is 19.1 Å². The number of carbonyl (C=O) groups is 2. The van der Waals surface area contributed by atoms with Gasteiger partial charge in [0.2, 0.25) is 6.10 Å². The molecule has 0 fully saturated rings. The van der Waals surface area contributed by atoms with Gasteiger partial charge in [-0.2, -0.15) is 13.2 Å². The SMILES string of the molecule is Cc1csc(C(OC(=O)CCCNC(=O)c2ccc(Cl)cc2)C(F)(F)F)n1. The van der Waals surface area contributed by atoms with Crippen LogP contribution in [0.4, 0.5) is 13.2 Å². The van der Waals surface area contributed by atoms with Crippen molar-refractivity contribution in [2.75, 3.05) is 6.54 Å². The molecule has 0 aliphatic heterocycles. The Morgan fingerprint density at radius 2 is 1.96 bits per heavy atom. The Kier molecular flexibility index (Phi) is 7.20. The van der Waals surface area contributed by atoms with Crippen molar-refractivity contribution in [2.24, 2.45) is 0 Å². The third-order valence-electron chi connectivity index (χ3n) is 3.36. The Hall–Kier alpha value is -2.13. The molecular weight excluding hydrogens is 405 g/mol. The summed E-state index contributed by atoms with van der Waals surface area (Å²) in [6, 6.07) is 6.20. The molecule has 1 aromatic carbocycles. The van der Waals surface area contributed by atoms with Crippen LogP contribution in [-0.2, 0) is 9.53 Å². The van der Waals surface area contributed by atoms with E-state index in [9.17, 15) is 22.8 Å². The molecule has 0 spiro atoms. The molecule has 0 aliphatic carbocycles. The fraction of sp³-hybridized carbons (Fsp3) is 0.353. The van der Waals surface area contributed by atoms with Crippen LogP contribution < -0.4 is 5.32 Å². The van der Waals surface area contributed by atoms with Gasteiger partial charge in [0.05, 0.1) is 0 Å². The lowest BCUT2D eigenvalue weighted by atomic mass is 10.2. The van der Waals surface area contributed by atoms with E-state index in [4.69, 9.17) is 11.6 Å². The molecule has 0 bridgehead atoms. The number of hydrogen-bond donors (Lipinski definition) is 1. The van der Waals surface area contributed by atoms with Crippen molar-refractivity contribution in [3.05, 3.63) is 50.9 Å². The number of carbonyl (C=O) groups excluding carboxylic acids is 2. The first-order chi connectivity index (χ1) is 12.7. The smallest absolute Gasteiger partial charge is 0.432 e. The number of aryl methyl sites for hydroxylation is 1. The molecule has 0 aliphatic rings. The zero-order valence-electron chi connectivity index (χ0n) is 14.2. The Balaban J connectivity index is 1.80. The minimum absolute atomic E-state index is 0.115. The van der Waals surface area contributed by atoms with E-state index in [0.29, 0.717) is 16.3 Å². The number of ether oxygens (including phenoxy) is 1. The fourth-order valence-corrected chi connectivity index (χ4v) is 3.05. The minimum Gasteiger partial charge on any atom is -0.445 e. The van der Waals surface area contributed by atoms with Crippen molar-refractivity contribution in [3.8, 4) is 0 Å². The van der Waals surface area contributed by atoms with Crippen LogP contribution in [0, 0.1) is 6.92 Å². The fourth-order valence-electron chi connectivity index (χ4n) is 2.08. The number of rotatable bonds is 7. The van der Waals surface area contributed by atoms with Gasteiger partial charge in [-0.25, -0.2) is 4.98 Å². The van der Waals surface area contributed by atoms with Gasteiger partial charge in [0.1, 0.15) is 5.01 Å². The maximum absolute atomic E-state index is 13.1. The molecule has 2 rings (SSSR count). The summed E-state index contributed by atoms with van der Waals surface area (Å²) in [6.45, 7) is 1.67. The lowest BCUT2D eigenvalue weighted by molar-refractivity contribution is -0.224. The number of alkyl halides is 3. The first kappa shape index (κ1) is 21.2. The molecule has 0 radical (unpaired) electrons. The van der Waals surface area contributed by atoms with Gasteiger partial charge >= 0.3 is 12.1 Å². The Labute approximate surface area is 162 Å². The summed E-state index contributed by atoms with van der Waals surface area (Å²) in [5.41, 5.74) is 0.809. The van der Waals surface area contributed by atoms with Crippen LogP contribution in [0.2, 0.25) is 5.02 Å². The van der Waals surface area contributed by atoms with E-state index in [-0.39, 0.29) is 30.3 Å². The number of thiazole rings is 1. The van der Waals surface area contributed by atoms with Gasteiger partial charge in [0, 0.05) is 34.6 Å². The summed E-state index contributed by atoms with van der Waals surface area (Å²) in [6.07, 6.45) is -7.26. The van der Waals surface area contributed by atoms with E-state index in [0.717, 1.165) is 11.3 Å². The van der Waals surface area contributed by atoms with Crippen molar-refractivity contribution in [1.82, 2.24) is 10.3 Å². The van der Waals surface area contributed by atoms with Gasteiger partial charge < -0.3 is 10.1 Å². The van der Waals surface area contributed by atoms with Gasteiger partial charge in [0.15, 0.2) is 0 Å². The number of hydrogen-bond acceptors (Lipinski definition) is 5. The Morgan fingerprint density at radius 3 is 2.52 bits per heavy atom. The van der Waals surface area contributed by atoms with Crippen molar-refractivity contribution in [3.63, 3.8) is 0 Å². The summed E-state index contributed by atoms with van der Waals surface area (Å²) >= 11 is 6.51. The lowest BCUT2D eigenvalue weighted by Gasteiger charge is -2.18. The number of benzene rings is 1. The van der Waals surface area contributed by atoms with Gasteiger partial charge in [0.25, 0.3) is 5.91 Å². The van der Waals surface area contributed by atoms with Gasteiger partial charge in [-0.3, -0.25) is 9.59 Å². The highest BCUT2D eigenvalue weighted by molar-refractivity contribution is 7.09. The standard InChI is InChI=1S/C17H16ClF3N2O3S/c1-10-9-27-16(23-10)14(17(19,20)21)26-13(24)3-2-8-22-15(25)11-4-6-12(18)7-5-11/h4-7,9,14H,2-3,8H2,1H3,(H,22,25). The number of aromatic nitrogens is 1. The second kappa shape index (κ2) is 9.18. The summed E-state index contributed by atoms with van der Waals surface area (Å²) in [5.74, 6) is -1.38. The average molecular weight is 421 g/mol. The molecule has 0 saturated heterocycles. The second-order valence-electron chi connectivity index (χ2n) is 5.60. The second-order valence-corrected chi connectivity index (χ2v) is 6.93. The van der Waals surface area contributed by atoms with Crippen LogP contribution in [0.1, 0.15) is 40.0 Å². The number of halogens is 4. The third-order valence-corrected chi connectivity index (χ3v) is 4.62. The number of amides is 1. The Morgan fingerprint density at radius 1 is 1.30 bits per heavy atom. The van der Waals surface area contributed by atoms with Crippen LogP contribution in [0.15, 0.2) is 29.6 Å². The monoisotopic (exact) mass is 420 g/mol. The molecule has 1 amide bonds. The highest BCUT2D eigenvalue weighted by atomic mass is 35.5. The Bertz CT molecular complexity index is 793. The molecule has 1 heterocycles. The van der Waals surface area contributed by atoms with Crippen molar-refractivity contribution in [2.45, 2.75) is 32.0 Å². The van der Waals surface area contributed by atoms with Gasteiger partial charge in [-0.15, -0.1) is 11.3 Å². The lowest BCUT2D eigenvalue weighted by Crippen LogP contribution is -2.27. The predicted octanol–water partition coefficient (Wildman–Crippen LogP) is 4.46. The molecule has 10 heteroatoms. The third kappa shape index (κ3) is 6.51. The molecule has 5 nitrogen and oxygen atoms in total. The minimum atomic E-state index is -4.75. The topological polar surface area (TPSA) is 68.3 Å². The average Bonchev–Trinajstić information content (AvgIpc) is 3.02. The van der Waals surface area contributed by atoms with E-state index in [2.05, 4.69) is 15.0 Å². The molecule has 1 atom stereocenters. The summed E-state index contributed by atoms with van der Waals surface area (Å²) < 4.78 is 43.9. The van der Waals surface area contributed by atoms with Crippen LogP contribution in [-0.4, -0.2) is 29.6 Å². The maximum Gasteiger partial charge on any atom is 0.432 e. The van der Waals surface area contributed by atoms with Gasteiger partial charge in [-0.05, 0) is 37.6 Å². The van der Waals surface area contributed by atoms with E-state index in [1.165, 1.54) is 17.5 Å². The summed E-state index contributed by atoms with van der Waals surface area (Å²) in [4.78, 5) is 27.4. The molecule has 1 aromatic heterocycles. The quantitative estimate of drug-likeness (QED) is 0.530. The largest absolute Gasteiger partial charge is 0.445 e. The van der Waals surface area contributed by atoms with E-state index >= 15 is 0 Å². The highest BCUT2D eigenvalue weighted by Gasteiger charge is 2.45. The number of nitrogens with one attached hydrogen (secondary N) is 1. The van der Waals surface area contributed by atoms with E-state index in [1.807, 2.05) is 0 Å². The molecule has 0 saturated carbocycles. The molecule has 2 aromatic rings. The number of esters is 1. The summed E-state index contributed by atoms with van der Waals surface area (Å²) in [5, 5.41) is 4.20. The first-order valence-electron chi connectivity index (χ1n) is 7.89. The van der Waals surface area contributed by atoms with Crippen LogP contribution in [0.25, 0.3) is 0 Å². The molecule has 1 unspecified atom stereocenters. The van der Waals surface area contributed by atoms with E-state index < -0.39 is 18.2 Å². The van der Waals surface area contributed by atoms with Crippen molar-refractivity contribution >= 4 is 34.8 Å². The zero-order valence-corrected chi connectivity index (χ0v) is 15.7. The first-order valence-corrected chi connectivity index (χ1v) is 9.14. The number of nitrogens with zero attached hydrogens (tertiary/aromatic N) is 1. The van der Waals surface area contributed by atoms with Crippen molar-refractivity contribution in [1.29, 1.82) is 0 Å². The molecule has 1 N–H and O–H groups in total. The summed E-state index contributed by atoms with van der Waals surface area (Å²) in [7, 11) is 0.